The number of hydrogen-bond acceptors (Lipinski definition) is 5. The van der Waals surface area contributed by atoms with Gasteiger partial charge in [0.2, 0.25) is 0 Å². The number of methoxy groups -OCH3 is 1. The summed E-state index contributed by atoms with van der Waals surface area (Å²) in [5.74, 6) is 0.100. The fourth-order valence-electron chi connectivity index (χ4n) is 3.98. The molecule has 4 rings (SSSR count). The largest absolute Gasteiger partial charge is 0.493 e. The number of benzene rings is 2. The summed E-state index contributed by atoms with van der Waals surface area (Å²) in [6.45, 7) is 2.11. The first-order valence-corrected chi connectivity index (χ1v) is 10.5. The smallest absolute Gasteiger partial charge is 0.272 e. The van der Waals surface area contributed by atoms with Gasteiger partial charge < -0.3 is 20.5 Å². The van der Waals surface area contributed by atoms with Crippen molar-refractivity contribution < 1.29 is 19.1 Å². The molecule has 0 saturated heterocycles. The van der Waals surface area contributed by atoms with E-state index in [9.17, 15) is 9.59 Å². The van der Waals surface area contributed by atoms with Crippen molar-refractivity contribution in [2.24, 2.45) is 5.73 Å². The van der Waals surface area contributed by atoms with Gasteiger partial charge in [-0.15, -0.1) is 0 Å². The number of carbonyl (C=O) groups is 2. The molecular formula is C24H26N4O4. The number of nitrogens with zero attached hydrogens (tertiary/aromatic N) is 2. The van der Waals surface area contributed by atoms with Crippen LogP contribution >= 0.6 is 0 Å². The molecule has 1 aliphatic rings. The highest BCUT2D eigenvalue weighted by Gasteiger charge is 2.27. The van der Waals surface area contributed by atoms with Crippen LogP contribution in [-0.2, 0) is 24.2 Å². The van der Waals surface area contributed by atoms with E-state index in [1.165, 1.54) is 7.11 Å². The third-order valence-electron chi connectivity index (χ3n) is 5.54. The molecule has 0 fully saturated rings. The van der Waals surface area contributed by atoms with E-state index in [0.29, 0.717) is 23.7 Å². The molecule has 8 nitrogen and oxygen atoms in total. The fourth-order valence-corrected chi connectivity index (χ4v) is 3.98. The molecule has 1 aliphatic carbocycles. The van der Waals surface area contributed by atoms with Gasteiger partial charge in [-0.25, -0.2) is 4.68 Å². The molecule has 0 atom stereocenters. The van der Waals surface area contributed by atoms with E-state index in [1.807, 2.05) is 35.9 Å². The van der Waals surface area contributed by atoms with E-state index in [-0.39, 0.29) is 12.5 Å². The number of nitrogens with two attached hydrogens (primary N) is 1. The molecule has 0 aliphatic heterocycles. The van der Waals surface area contributed by atoms with Gasteiger partial charge in [-0.2, -0.15) is 5.10 Å². The van der Waals surface area contributed by atoms with Crippen molar-refractivity contribution in [1.82, 2.24) is 15.1 Å². The lowest BCUT2D eigenvalue weighted by molar-refractivity contribution is -0.119. The van der Waals surface area contributed by atoms with Crippen LogP contribution < -0.4 is 20.5 Å². The highest BCUT2D eigenvalue weighted by Crippen LogP contribution is 2.30. The van der Waals surface area contributed by atoms with Crippen LogP contribution in [0.3, 0.4) is 0 Å². The number of rotatable bonds is 8. The van der Waals surface area contributed by atoms with Gasteiger partial charge >= 0.3 is 0 Å². The lowest BCUT2D eigenvalue weighted by atomic mass is 10.1. The van der Waals surface area contributed by atoms with Crippen LogP contribution in [-0.4, -0.2) is 35.3 Å². The minimum Gasteiger partial charge on any atom is -0.493 e. The van der Waals surface area contributed by atoms with Gasteiger partial charge in [-0.1, -0.05) is 24.3 Å². The molecular weight excluding hydrogens is 408 g/mol. The molecule has 0 spiro atoms. The summed E-state index contributed by atoms with van der Waals surface area (Å²) in [5, 5.41) is 7.64. The molecule has 2 aromatic carbocycles. The molecule has 8 heteroatoms. The number of amides is 2. The van der Waals surface area contributed by atoms with E-state index < -0.39 is 5.91 Å². The Morgan fingerprint density at radius 1 is 1.16 bits per heavy atom. The maximum absolute atomic E-state index is 13.0. The Bertz CT molecular complexity index is 1170. The van der Waals surface area contributed by atoms with Gasteiger partial charge in [0, 0.05) is 17.8 Å². The number of para-hydroxylation sites is 1. The number of primary amides is 1. The highest BCUT2D eigenvalue weighted by atomic mass is 16.5. The zero-order valence-corrected chi connectivity index (χ0v) is 18.2. The Morgan fingerprint density at radius 3 is 2.72 bits per heavy atom. The quantitative estimate of drug-likeness (QED) is 0.566. The van der Waals surface area contributed by atoms with Gasteiger partial charge in [0.25, 0.3) is 11.8 Å². The number of aryl methyl sites for hydroxylation is 1. The summed E-state index contributed by atoms with van der Waals surface area (Å²) in [5.41, 5.74) is 10.7. The Hall–Kier alpha value is -3.81. The lowest BCUT2D eigenvalue weighted by Gasteiger charge is -2.12. The standard InChI is InChI=1S/C24H26N4O4/c1-15-6-3-4-8-18(15)28-19-9-5-7-17(19)23(27-28)24(30)26-13-16-10-11-20(21(12-16)31-2)32-14-22(25)29/h3-4,6,8,10-12H,5,7,9,13-14H2,1-2H3,(H2,25,29)(H,26,30). The first-order valence-electron chi connectivity index (χ1n) is 10.5. The Balaban J connectivity index is 1.51. The van der Waals surface area contributed by atoms with Crippen LogP contribution in [0.5, 0.6) is 11.5 Å². The minimum absolute atomic E-state index is 0.205. The average molecular weight is 434 g/mol. The van der Waals surface area contributed by atoms with Gasteiger partial charge in [0.05, 0.1) is 12.8 Å². The molecule has 1 aromatic heterocycles. The first kappa shape index (κ1) is 21.4. The molecule has 0 radical (unpaired) electrons. The summed E-state index contributed by atoms with van der Waals surface area (Å²) in [7, 11) is 1.51. The second-order valence-corrected chi connectivity index (χ2v) is 7.75. The Kier molecular flexibility index (Phi) is 6.11. The number of ether oxygens (including phenoxy) is 2. The van der Waals surface area contributed by atoms with Crippen molar-refractivity contribution in [1.29, 1.82) is 0 Å². The third kappa shape index (κ3) is 4.30. The van der Waals surface area contributed by atoms with Gasteiger partial charge in [0.15, 0.2) is 23.8 Å². The summed E-state index contributed by atoms with van der Waals surface area (Å²) >= 11 is 0. The first-order chi connectivity index (χ1) is 15.5. The topological polar surface area (TPSA) is 108 Å². The molecule has 3 N–H and O–H groups in total. The molecule has 0 unspecified atom stereocenters. The maximum atomic E-state index is 13.0. The molecule has 2 amide bonds. The lowest BCUT2D eigenvalue weighted by Crippen LogP contribution is -2.24. The van der Waals surface area contributed by atoms with E-state index in [1.54, 1.807) is 18.2 Å². The number of carbonyl (C=O) groups excluding carboxylic acids is 2. The SMILES string of the molecule is COc1cc(CNC(=O)c2nn(-c3ccccc3C)c3c2CCC3)ccc1OCC(N)=O. The summed E-state index contributed by atoms with van der Waals surface area (Å²) < 4.78 is 12.6. The van der Waals surface area contributed by atoms with Gasteiger partial charge in [-0.05, 0) is 55.5 Å². The molecule has 32 heavy (non-hydrogen) atoms. The molecule has 166 valence electrons. The minimum atomic E-state index is -0.568. The zero-order valence-electron chi connectivity index (χ0n) is 18.2. The van der Waals surface area contributed by atoms with Crippen molar-refractivity contribution in [3.8, 4) is 17.2 Å². The summed E-state index contributed by atoms with van der Waals surface area (Å²) in [4.78, 5) is 24.0. The Labute approximate surface area is 186 Å². The second-order valence-electron chi connectivity index (χ2n) is 7.75. The van der Waals surface area contributed by atoms with Crippen molar-refractivity contribution >= 4 is 11.8 Å². The van der Waals surface area contributed by atoms with Crippen LogP contribution in [0, 0.1) is 6.92 Å². The van der Waals surface area contributed by atoms with Crippen LogP contribution in [0.4, 0.5) is 0 Å². The molecule has 0 bridgehead atoms. The van der Waals surface area contributed by atoms with E-state index in [0.717, 1.165) is 47.3 Å². The van der Waals surface area contributed by atoms with Gasteiger partial charge in [-0.3, -0.25) is 9.59 Å². The van der Waals surface area contributed by atoms with Crippen LogP contribution in [0.15, 0.2) is 42.5 Å². The van der Waals surface area contributed by atoms with Crippen LogP contribution in [0.25, 0.3) is 5.69 Å². The molecule has 3 aromatic rings. The maximum Gasteiger partial charge on any atom is 0.272 e. The van der Waals surface area contributed by atoms with E-state index in [4.69, 9.17) is 15.2 Å². The summed E-state index contributed by atoms with van der Waals surface area (Å²) in [6, 6.07) is 13.3. The zero-order chi connectivity index (χ0) is 22.7. The van der Waals surface area contributed by atoms with Crippen LogP contribution in [0.2, 0.25) is 0 Å². The van der Waals surface area contributed by atoms with Crippen molar-refractivity contribution in [3.05, 3.63) is 70.5 Å². The Morgan fingerprint density at radius 2 is 1.97 bits per heavy atom. The number of hydrogen-bond donors (Lipinski definition) is 2. The number of aromatic nitrogens is 2. The monoisotopic (exact) mass is 434 g/mol. The number of fused-ring (bicyclic) bond motifs is 1. The molecule has 1 heterocycles. The highest BCUT2D eigenvalue weighted by molar-refractivity contribution is 5.94. The van der Waals surface area contributed by atoms with Crippen molar-refractivity contribution in [2.75, 3.05) is 13.7 Å². The third-order valence-corrected chi connectivity index (χ3v) is 5.54. The van der Waals surface area contributed by atoms with Crippen molar-refractivity contribution in [2.45, 2.75) is 32.7 Å². The number of nitrogens with one attached hydrogen (secondary N) is 1. The van der Waals surface area contributed by atoms with Gasteiger partial charge in [0.1, 0.15) is 0 Å². The summed E-state index contributed by atoms with van der Waals surface area (Å²) in [6.07, 6.45) is 2.78. The average Bonchev–Trinajstić information content (AvgIpc) is 3.39. The fraction of sp³-hybridized carbons (Fsp3) is 0.292. The van der Waals surface area contributed by atoms with Crippen LogP contribution in [0.1, 0.15) is 39.3 Å². The molecule has 0 saturated carbocycles. The second kappa shape index (κ2) is 9.13. The predicted octanol–water partition coefficient (Wildman–Crippen LogP) is 2.47. The predicted molar refractivity (Wildman–Crippen MR) is 119 cm³/mol. The van der Waals surface area contributed by atoms with E-state index >= 15 is 0 Å². The normalized spacial score (nSPS) is 12.3. The van der Waals surface area contributed by atoms with Crippen molar-refractivity contribution in [3.63, 3.8) is 0 Å². The van der Waals surface area contributed by atoms with E-state index in [2.05, 4.69) is 10.4 Å².